The standard InChI is InChI=1S/C26H36N2O3.ClH/c1-25(2,3)20-15-19(16-21(17-20)26(4,5)6)23(29)27-22-11-9-18(10-12-22)24(30)31-14-13-28(7)8;/h9-12,15-17H,13-14H2,1-8H3,(H,27,29);1H. The summed E-state index contributed by atoms with van der Waals surface area (Å²) in [5, 5.41) is 2.94. The molecular weight excluding hydrogens is 424 g/mol. The van der Waals surface area contributed by atoms with Gasteiger partial charge in [0.25, 0.3) is 5.91 Å². The summed E-state index contributed by atoms with van der Waals surface area (Å²) in [5.74, 6) is -0.537. The van der Waals surface area contributed by atoms with E-state index in [1.807, 2.05) is 31.1 Å². The van der Waals surface area contributed by atoms with E-state index in [1.54, 1.807) is 24.3 Å². The Bertz CT molecular complexity index is 891. The van der Waals surface area contributed by atoms with Crippen LogP contribution < -0.4 is 5.32 Å². The molecule has 0 bridgehead atoms. The van der Waals surface area contributed by atoms with Crippen LogP contribution in [0.3, 0.4) is 0 Å². The van der Waals surface area contributed by atoms with E-state index in [-0.39, 0.29) is 35.1 Å². The van der Waals surface area contributed by atoms with E-state index in [0.717, 1.165) is 11.1 Å². The maximum Gasteiger partial charge on any atom is 0.338 e. The number of esters is 1. The van der Waals surface area contributed by atoms with E-state index in [9.17, 15) is 9.59 Å². The second-order valence-electron chi connectivity index (χ2n) is 10.3. The second-order valence-corrected chi connectivity index (χ2v) is 10.3. The third-order valence-corrected chi connectivity index (χ3v) is 5.08. The number of anilines is 1. The van der Waals surface area contributed by atoms with Gasteiger partial charge in [0, 0.05) is 17.8 Å². The van der Waals surface area contributed by atoms with Crippen LogP contribution in [0, 0.1) is 0 Å². The summed E-state index contributed by atoms with van der Waals surface area (Å²) in [4.78, 5) is 27.1. The molecule has 0 aromatic heterocycles. The highest BCUT2D eigenvalue weighted by Crippen LogP contribution is 2.30. The fourth-order valence-corrected chi connectivity index (χ4v) is 2.92. The van der Waals surface area contributed by atoms with Crippen molar-refractivity contribution in [3.63, 3.8) is 0 Å². The van der Waals surface area contributed by atoms with Crippen molar-refractivity contribution in [1.29, 1.82) is 0 Å². The van der Waals surface area contributed by atoms with Crippen LogP contribution in [0.2, 0.25) is 0 Å². The summed E-state index contributed by atoms with van der Waals surface area (Å²) in [6, 6.07) is 12.9. The molecule has 1 N–H and O–H groups in total. The van der Waals surface area contributed by atoms with Gasteiger partial charge in [-0.2, -0.15) is 0 Å². The number of carbonyl (C=O) groups excluding carboxylic acids is 2. The van der Waals surface area contributed by atoms with Crippen molar-refractivity contribution < 1.29 is 14.3 Å². The molecule has 0 atom stereocenters. The van der Waals surface area contributed by atoms with Gasteiger partial charge in [-0.3, -0.25) is 4.79 Å². The Hall–Kier alpha value is -2.37. The number of likely N-dealkylation sites (N-methyl/N-ethyl adjacent to an activating group) is 1. The molecule has 0 heterocycles. The number of benzene rings is 2. The highest BCUT2D eigenvalue weighted by atomic mass is 35.5. The van der Waals surface area contributed by atoms with Crippen LogP contribution in [-0.4, -0.2) is 44.0 Å². The van der Waals surface area contributed by atoms with Crippen molar-refractivity contribution in [1.82, 2.24) is 4.90 Å². The lowest BCUT2D eigenvalue weighted by Gasteiger charge is -2.26. The van der Waals surface area contributed by atoms with E-state index in [2.05, 4.69) is 52.9 Å². The van der Waals surface area contributed by atoms with Crippen molar-refractivity contribution in [3.8, 4) is 0 Å². The minimum absolute atomic E-state index is 0. The summed E-state index contributed by atoms with van der Waals surface area (Å²) in [7, 11) is 3.85. The molecule has 2 aromatic rings. The Morgan fingerprint density at radius 1 is 0.844 bits per heavy atom. The lowest BCUT2D eigenvalue weighted by molar-refractivity contribution is 0.0482. The maximum absolute atomic E-state index is 13.0. The molecule has 0 aliphatic rings. The molecule has 2 aromatic carbocycles. The zero-order chi connectivity index (χ0) is 23.4. The van der Waals surface area contributed by atoms with Crippen molar-refractivity contribution in [2.24, 2.45) is 0 Å². The number of nitrogens with one attached hydrogen (secondary N) is 1. The predicted octanol–water partition coefficient (Wildman–Crippen LogP) is 5.67. The largest absolute Gasteiger partial charge is 0.461 e. The SMILES string of the molecule is CN(C)CCOC(=O)c1ccc(NC(=O)c2cc(C(C)(C)C)cc(C(C)(C)C)c2)cc1.Cl. The molecule has 5 nitrogen and oxygen atoms in total. The summed E-state index contributed by atoms with van der Waals surface area (Å²) < 4.78 is 5.25. The van der Waals surface area contributed by atoms with Gasteiger partial charge in [-0.25, -0.2) is 4.79 Å². The average Bonchev–Trinajstić information content (AvgIpc) is 2.66. The minimum atomic E-state index is -0.368. The number of hydrogen-bond acceptors (Lipinski definition) is 4. The highest BCUT2D eigenvalue weighted by Gasteiger charge is 2.22. The number of ether oxygens (including phenoxy) is 1. The van der Waals surface area contributed by atoms with Crippen LogP contribution in [0.15, 0.2) is 42.5 Å². The van der Waals surface area contributed by atoms with Crippen molar-refractivity contribution in [2.75, 3.05) is 32.6 Å². The van der Waals surface area contributed by atoms with Crippen LogP contribution in [0.5, 0.6) is 0 Å². The van der Waals surface area contributed by atoms with Gasteiger partial charge in [0.2, 0.25) is 0 Å². The molecule has 0 aliphatic heterocycles. The van der Waals surface area contributed by atoms with Gasteiger partial charge in [0.05, 0.1) is 5.56 Å². The van der Waals surface area contributed by atoms with Gasteiger partial charge >= 0.3 is 5.97 Å². The quantitative estimate of drug-likeness (QED) is 0.564. The first-order valence-electron chi connectivity index (χ1n) is 10.7. The highest BCUT2D eigenvalue weighted by molar-refractivity contribution is 6.04. The predicted molar refractivity (Wildman–Crippen MR) is 134 cm³/mol. The Kier molecular flexibility index (Phi) is 9.49. The normalized spacial score (nSPS) is 11.7. The van der Waals surface area contributed by atoms with Gasteiger partial charge in [-0.1, -0.05) is 47.6 Å². The first-order chi connectivity index (χ1) is 14.3. The maximum atomic E-state index is 13.0. The third kappa shape index (κ3) is 7.95. The number of halogens is 1. The van der Waals surface area contributed by atoms with E-state index < -0.39 is 0 Å². The van der Waals surface area contributed by atoms with Gasteiger partial charge in [0.15, 0.2) is 0 Å². The molecular formula is C26H37ClN2O3. The molecule has 2 rings (SSSR count). The van der Waals surface area contributed by atoms with Crippen LogP contribution in [-0.2, 0) is 15.6 Å². The molecule has 6 heteroatoms. The summed E-state index contributed by atoms with van der Waals surface area (Å²) >= 11 is 0. The molecule has 0 fully saturated rings. The zero-order valence-electron chi connectivity index (χ0n) is 20.5. The van der Waals surface area contributed by atoms with Gasteiger partial charge in [0.1, 0.15) is 6.61 Å². The van der Waals surface area contributed by atoms with Gasteiger partial charge in [-0.15, -0.1) is 12.4 Å². The van der Waals surface area contributed by atoms with Crippen LogP contribution >= 0.6 is 12.4 Å². The van der Waals surface area contributed by atoms with Crippen molar-refractivity contribution in [3.05, 3.63) is 64.7 Å². The van der Waals surface area contributed by atoms with Crippen molar-refractivity contribution >= 4 is 30.0 Å². The first-order valence-corrected chi connectivity index (χ1v) is 10.7. The fourth-order valence-electron chi connectivity index (χ4n) is 2.92. The van der Waals surface area contributed by atoms with Crippen LogP contribution in [0.1, 0.15) is 73.4 Å². The second kappa shape index (κ2) is 11.0. The topological polar surface area (TPSA) is 58.6 Å². The third-order valence-electron chi connectivity index (χ3n) is 5.08. The first kappa shape index (κ1) is 27.7. The van der Waals surface area contributed by atoms with E-state index in [1.165, 1.54) is 0 Å². The number of rotatable bonds is 6. The molecule has 0 radical (unpaired) electrons. The summed E-state index contributed by atoms with van der Waals surface area (Å²) in [6.07, 6.45) is 0. The van der Waals surface area contributed by atoms with E-state index in [4.69, 9.17) is 4.74 Å². The monoisotopic (exact) mass is 460 g/mol. The molecule has 0 spiro atoms. The Balaban J connectivity index is 0.00000512. The molecule has 0 unspecified atom stereocenters. The van der Waals surface area contributed by atoms with Gasteiger partial charge < -0.3 is 15.0 Å². The molecule has 0 aliphatic carbocycles. The van der Waals surface area contributed by atoms with Crippen molar-refractivity contribution in [2.45, 2.75) is 52.4 Å². The number of amides is 1. The summed E-state index contributed by atoms with van der Waals surface area (Å²) in [6.45, 7) is 13.9. The molecule has 1 amide bonds. The van der Waals surface area contributed by atoms with Crippen LogP contribution in [0.25, 0.3) is 0 Å². The molecule has 176 valence electrons. The Morgan fingerprint density at radius 2 is 1.34 bits per heavy atom. The molecule has 32 heavy (non-hydrogen) atoms. The number of hydrogen-bond donors (Lipinski definition) is 1. The lowest BCUT2D eigenvalue weighted by Crippen LogP contribution is -2.20. The fraction of sp³-hybridized carbons (Fsp3) is 0.462. The Labute approximate surface area is 198 Å². The molecule has 0 saturated heterocycles. The van der Waals surface area contributed by atoms with E-state index in [0.29, 0.717) is 30.0 Å². The lowest BCUT2D eigenvalue weighted by atomic mass is 9.79. The van der Waals surface area contributed by atoms with Crippen LogP contribution in [0.4, 0.5) is 5.69 Å². The Morgan fingerprint density at radius 3 is 1.78 bits per heavy atom. The van der Waals surface area contributed by atoms with Gasteiger partial charge in [-0.05, 0) is 72.5 Å². The smallest absolute Gasteiger partial charge is 0.338 e. The number of nitrogens with zero attached hydrogens (tertiary/aromatic N) is 1. The minimum Gasteiger partial charge on any atom is -0.461 e. The summed E-state index contributed by atoms with van der Waals surface area (Å²) in [5.41, 5.74) is 3.84. The van der Waals surface area contributed by atoms with E-state index >= 15 is 0 Å². The molecule has 0 saturated carbocycles. The average molecular weight is 461 g/mol. The number of carbonyl (C=O) groups is 2. The zero-order valence-corrected chi connectivity index (χ0v) is 21.4.